The maximum absolute atomic E-state index is 10.9. The van der Waals surface area contributed by atoms with Crippen LogP contribution in [0.25, 0.3) is 0 Å². The number of hydrogen-bond acceptors (Lipinski definition) is 3. The molecular formula is C16H27NO3. The lowest BCUT2D eigenvalue weighted by atomic mass is 9.85. The number of carboxylic acids is 1. The average molecular weight is 281 g/mol. The molecule has 0 aromatic heterocycles. The quantitative estimate of drug-likeness (QED) is 0.860. The summed E-state index contributed by atoms with van der Waals surface area (Å²) in [4.78, 5) is 13.7. The van der Waals surface area contributed by atoms with E-state index in [1.807, 2.05) is 0 Å². The molecule has 4 unspecified atom stereocenters. The fourth-order valence-corrected chi connectivity index (χ4v) is 4.75. The third kappa shape index (κ3) is 2.86. The molecule has 0 spiro atoms. The molecule has 0 radical (unpaired) electrons. The molecule has 3 aliphatic rings. The lowest BCUT2D eigenvalue weighted by molar-refractivity contribution is -0.138. The Bertz CT molecular complexity index is 346. The van der Waals surface area contributed by atoms with Gasteiger partial charge in [-0.15, -0.1) is 0 Å². The van der Waals surface area contributed by atoms with Crippen molar-refractivity contribution in [1.29, 1.82) is 0 Å². The van der Waals surface area contributed by atoms with Gasteiger partial charge in [-0.2, -0.15) is 0 Å². The van der Waals surface area contributed by atoms with Crippen LogP contribution in [0, 0.1) is 5.92 Å². The number of fused-ring (bicyclic) bond motifs is 2. The minimum Gasteiger partial charge on any atom is -0.481 e. The lowest BCUT2D eigenvalue weighted by Crippen LogP contribution is -2.52. The van der Waals surface area contributed by atoms with Crippen LogP contribution in [-0.2, 0) is 9.53 Å². The van der Waals surface area contributed by atoms with Crippen molar-refractivity contribution >= 4 is 5.97 Å². The molecule has 0 aromatic rings. The van der Waals surface area contributed by atoms with Gasteiger partial charge in [-0.1, -0.05) is 6.92 Å². The van der Waals surface area contributed by atoms with E-state index in [1.165, 1.54) is 19.3 Å². The van der Waals surface area contributed by atoms with Gasteiger partial charge in [-0.3, -0.25) is 9.69 Å². The van der Waals surface area contributed by atoms with E-state index in [-0.39, 0.29) is 0 Å². The van der Waals surface area contributed by atoms with Gasteiger partial charge in [0.05, 0.1) is 6.10 Å². The third-order valence-electron chi connectivity index (χ3n) is 5.57. The van der Waals surface area contributed by atoms with Gasteiger partial charge in [0.15, 0.2) is 0 Å². The summed E-state index contributed by atoms with van der Waals surface area (Å²) in [5.41, 5.74) is 0. The Labute approximate surface area is 121 Å². The summed E-state index contributed by atoms with van der Waals surface area (Å²) in [5.74, 6) is -0.219. The smallest absolute Gasteiger partial charge is 0.303 e. The fourth-order valence-electron chi connectivity index (χ4n) is 4.75. The van der Waals surface area contributed by atoms with Crippen molar-refractivity contribution in [2.75, 3.05) is 6.61 Å². The first-order valence-electron chi connectivity index (χ1n) is 8.28. The van der Waals surface area contributed by atoms with Crippen molar-refractivity contribution < 1.29 is 14.6 Å². The van der Waals surface area contributed by atoms with Gasteiger partial charge in [-0.05, 0) is 50.9 Å². The molecule has 3 heterocycles. The van der Waals surface area contributed by atoms with E-state index < -0.39 is 5.97 Å². The maximum Gasteiger partial charge on any atom is 0.303 e. The predicted octanol–water partition coefficient (Wildman–Crippen LogP) is 2.66. The Hall–Kier alpha value is -0.610. The first-order valence-corrected chi connectivity index (χ1v) is 8.28. The van der Waals surface area contributed by atoms with Crippen LogP contribution < -0.4 is 0 Å². The van der Waals surface area contributed by atoms with Crippen molar-refractivity contribution in [2.45, 2.75) is 82.5 Å². The normalized spacial score (nSPS) is 41.8. The van der Waals surface area contributed by atoms with Crippen LogP contribution in [0.5, 0.6) is 0 Å². The number of hydrogen-bond donors (Lipinski definition) is 1. The third-order valence-corrected chi connectivity index (χ3v) is 5.57. The lowest BCUT2D eigenvalue weighted by Gasteiger charge is -2.46. The Morgan fingerprint density at radius 3 is 2.40 bits per heavy atom. The summed E-state index contributed by atoms with van der Waals surface area (Å²) in [6.45, 7) is 3.11. The van der Waals surface area contributed by atoms with Crippen LogP contribution in [0.15, 0.2) is 0 Å². The highest BCUT2D eigenvalue weighted by molar-refractivity contribution is 5.67. The molecule has 1 N–H and O–H groups in total. The van der Waals surface area contributed by atoms with Crippen LogP contribution >= 0.6 is 0 Å². The number of piperidine rings is 1. The number of rotatable bonds is 4. The van der Waals surface area contributed by atoms with E-state index in [4.69, 9.17) is 9.84 Å². The summed E-state index contributed by atoms with van der Waals surface area (Å²) in [5, 5.41) is 9.01. The Balaban J connectivity index is 1.63. The molecule has 0 amide bonds. The highest BCUT2D eigenvalue weighted by Gasteiger charge is 2.44. The Morgan fingerprint density at radius 2 is 1.80 bits per heavy atom. The molecule has 3 fully saturated rings. The molecule has 3 rings (SSSR count). The van der Waals surface area contributed by atoms with E-state index in [2.05, 4.69) is 11.8 Å². The van der Waals surface area contributed by atoms with E-state index in [0.717, 1.165) is 32.3 Å². The second-order valence-corrected chi connectivity index (χ2v) is 6.85. The second kappa shape index (κ2) is 6.02. The second-order valence-electron chi connectivity index (χ2n) is 6.85. The molecule has 114 valence electrons. The highest BCUT2D eigenvalue weighted by Crippen LogP contribution is 2.43. The zero-order valence-electron chi connectivity index (χ0n) is 12.5. The fraction of sp³-hybridized carbons (Fsp3) is 0.938. The SMILES string of the molecule is CCC1CC(N2C3CCC2CC(CC(=O)O)C3)CCO1. The van der Waals surface area contributed by atoms with E-state index in [0.29, 0.717) is 36.6 Å². The summed E-state index contributed by atoms with van der Waals surface area (Å²) in [6.07, 6.45) is 8.98. The Kier molecular flexibility index (Phi) is 4.32. The molecule has 4 atom stereocenters. The number of carbonyl (C=O) groups is 1. The van der Waals surface area contributed by atoms with Crippen molar-refractivity contribution in [3.8, 4) is 0 Å². The van der Waals surface area contributed by atoms with Crippen LogP contribution in [-0.4, -0.2) is 46.8 Å². The first kappa shape index (κ1) is 14.3. The molecule has 0 saturated carbocycles. The van der Waals surface area contributed by atoms with E-state index in [9.17, 15) is 4.79 Å². The van der Waals surface area contributed by atoms with E-state index >= 15 is 0 Å². The van der Waals surface area contributed by atoms with Crippen molar-refractivity contribution in [3.63, 3.8) is 0 Å². The van der Waals surface area contributed by atoms with Crippen LogP contribution in [0.3, 0.4) is 0 Å². The minimum atomic E-state index is -0.625. The van der Waals surface area contributed by atoms with E-state index in [1.54, 1.807) is 0 Å². The van der Waals surface area contributed by atoms with Gasteiger partial charge in [0.1, 0.15) is 0 Å². The molecule has 20 heavy (non-hydrogen) atoms. The minimum absolute atomic E-state index is 0.367. The van der Waals surface area contributed by atoms with Crippen LogP contribution in [0.2, 0.25) is 0 Å². The van der Waals surface area contributed by atoms with Gasteiger partial charge in [0.25, 0.3) is 0 Å². The molecule has 0 aromatic carbocycles. The molecular weight excluding hydrogens is 254 g/mol. The molecule has 2 bridgehead atoms. The van der Waals surface area contributed by atoms with Gasteiger partial charge in [0.2, 0.25) is 0 Å². The van der Waals surface area contributed by atoms with Crippen molar-refractivity contribution in [3.05, 3.63) is 0 Å². The molecule has 4 heteroatoms. The number of nitrogens with zero attached hydrogens (tertiary/aromatic N) is 1. The standard InChI is InChI=1S/C16H27NO3/c1-2-15-10-14(5-6-20-15)17-12-3-4-13(17)8-11(7-12)9-16(18)19/h11-15H,2-10H2,1H3,(H,18,19). The van der Waals surface area contributed by atoms with Gasteiger partial charge >= 0.3 is 5.97 Å². The number of aliphatic carboxylic acids is 1. The monoisotopic (exact) mass is 281 g/mol. The molecule has 4 nitrogen and oxygen atoms in total. The largest absolute Gasteiger partial charge is 0.481 e. The Morgan fingerprint density at radius 1 is 1.15 bits per heavy atom. The number of ether oxygens (including phenoxy) is 1. The zero-order valence-corrected chi connectivity index (χ0v) is 12.5. The molecule has 3 aliphatic heterocycles. The van der Waals surface area contributed by atoms with Crippen LogP contribution in [0.4, 0.5) is 0 Å². The highest BCUT2D eigenvalue weighted by atomic mass is 16.5. The topological polar surface area (TPSA) is 49.8 Å². The van der Waals surface area contributed by atoms with Crippen LogP contribution in [0.1, 0.15) is 58.3 Å². The van der Waals surface area contributed by atoms with Crippen molar-refractivity contribution in [1.82, 2.24) is 4.90 Å². The van der Waals surface area contributed by atoms with Gasteiger partial charge in [0, 0.05) is 31.2 Å². The zero-order chi connectivity index (χ0) is 14.1. The van der Waals surface area contributed by atoms with Gasteiger partial charge in [-0.25, -0.2) is 0 Å². The summed E-state index contributed by atoms with van der Waals surface area (Å²) >= 11 is 0. The molecule has 0 aliphatic carbocycles. The van der Waals surface area contributed by atoms with Crippen molar-refractivity contribution in [2.24, 2.45) is 5.92 Å². The maximum atomic E-state index is 10.9. The predicted molar refractivity (Wildman–Crippen MR) is 76.7 cm³/mol. The molecule has 3 saturated heterocycles. The average Bonchev–Trinajstić information content (AvgIpc) is 2.70. The number of carboxylic acid groups (broad SMARTS) is 1. The summed E-state index contributed by atoms with van der Waals surface area (Å²) in [7, 11) is 0. The first-order chi connectivity index (χ1) is 9.67. The summed E-state index contributed by atoms with van der Waals surface area (Å²) < 4.78 is 5.81. The summed E-state index contributed by atoms with van der Waals surface area (Å²) in [6, 6.07) is 1.95. The van der Waals surface area contributed by atoms with Gasteiger partial charge < -0.3 is 9.84 Å².